The molecule has 0 N–H and O–H groups in total. The van der Waals surface area contributed by atoms with E-state index in [-0.39, 0.29) is 17.9 Å². The summed E-state index contributed by atoms with van der Waals surface area (Å²) >= 11 is 6.36. The highest BCUT2D eigenvalue weighted by Gasteiger charge is 2.26. The average molecular weight is 426 g/mol. The number of carbonyl (C=O) groups is 2. The summed E-state index contributed by atoms with van der Waals surface area (Å²) in [6, 6.07) is 15.7. The summed E-state index contributed by atoms with van der Waals surface area (Å²) in [6.45, 7) is 5.95. The highest BCUT2D eigenvalue weighted by Crippen LogP contribution is 2.28. The van der Waals surface area contributed by atoms with Gasteiger partial charge in [-0.3, -0.25) is 14.5 Å². The first-order valence-corrected chi connectivity index (χ1v) is 11.1. The number of piperazine rings is 1. The first-order chi connectivity index (χ1) is 14.5. The molecule has 5 nitrogen and oxygen atoms in total. The third-order valence-corrected chi connectivity index (χ3v) is 6.60. The van der Waals surface area contributed by atoms with Crippen molar-refractivity contribution in [2.45, 2.75) is 32.2 Å². The fourth-order valence-electron chi connectivity index (χ4n) is 4.37. The maximum atomic E-state index is 13.0. The van der Waals surface area contributed by atoms with E-state index in [0.717, 1.165) is 48.7 Å². The second-order valence-corrected chi connectivity index (χ2v) is 8.48. The fraction of sp³-hybridized carbons (Fsp3) is 0.417. The molecule has 2 aliphatic rings. The Morgan fingerprint density at radius 2 is 1.63 bits per heavy atom. The van der Waals surface area contributed by atoms with Crippen molar-refractivity contribution in [3.63, 3.8) is 0 Å². The van der Waals surface area contributed by atoms with Gasteiger partial charge in [0.2, 0.25) is 5.91 Å². The van der Waals surface area contributed by atoms with Gasteiger partial charge >= 0.3 is 0 Å². The van der Waals surface area contributed by atoms with E-state index >= 15 is 0 Å². The molecule has 0 aromatic heterocycles. The van der Waals surface area contributed by atoms with Crippen molar-refractivity contribution in [1.82, 2.24) is 9.80 Å². The van der Waals surface area contributed by atoms with E-state index in [1.807, 2.05) is 52.3 Å². The molecule has 0 radical (unpaired) electrons. The number of carbonyl (C=O) groups excluding carboxylic acids is 2. The Balaban J connectivity index is 1.36. The Morgan fingerprint density at radius 3 is 2.30 bits per heavy atom. The zero-order valence-electron chi connectivity index (χ0n) is 17.4. The van der Waals surface area contributed by atoms with Gasteiger partial charge in [-0.25, -0.2) is 0 Å². The molecule has 0 aliphatic carbocycles. The van der Waals surface area contributed by atoms with Crippen LogP contribution in [0.4, 0.5) is 5.69 Å². The lowest BCUT2D eigenvalue weighted by Crippen LogP contribution is -2.49. The summed E-state index contributed by atoms with van der Waals surface area (Å²) in [5.74, 6) is 0.223. The van der Waals surface area contributed by atoms with E-state index in [2.05, 4.69) is 17.9 Å². The van der Waals surface area contributed by atoms with Crippen LogP contribution in [-0.4, -0.2) is 54.3 Å². The van der Waals surface area contributed by atoms with Gasteiger partial charge in [-0.15, -0.1) is 0 Å². The van der Waals surface area contributed by atoms with Crippen molar-refractivity contribution in [2.75, 3.05) is 37.6 Å². The quantitative estimate of drug-likeness (QED) is 0.730. The molecule has 2 heterocycles. The zero-order valence-corrected chi connectivity index (χ0v) is 18.1. The van der Waals surface area contributed by atoms with Crippen LogP contribution < -0.4 is 4.90 Å². The van der Waals surface area contributed by atoms with E-state index < -0.39 is 0 Å². The summed E-state index contributed by atoms with van der Waals surface area (Å²) in [7, 11) is 0. The standard InChI is InChI=1S/C24H28ClN3O2/c1-18(21-6-2-3-7-22(21)25)26-14-16-27(17-15-26)24(30)19-9-11-20(12-10-19)28-13-5-4-8-23(28)29/h2-3,6-7,9-12,18H,4-5,8,13-17H2,1H3. The molecule has 2 aromatic carbocycles. The largest absolute Gasteiger partial charge is 0.336 e. The van der Waals surface area contributed by atoms with Crippen LogP contribution in [0.2, 0.25) is 5.02 Å². The van der Waals surface area contributed by atoms with Gasteiger partial charge in [0.15, 0.2) is 0 Å². The summed E-state index contributed by atoms with van der Waals surface area (Å²) in [5, 5.41) is 0.788. The summed E-state index contributed by atoms with van der Waals surface area (Å²) in [6.07, 6.45) is 2.61. The number of hydrogen-bond donors (Lipinski definition) is 0. The number of benzene rings is 2. The molecule has 2 aliphatic heterocycles. The molecule has 30 heavy (non-hydrogen) atoms. The number of nitrogens with zero attached hydrogens (tertiary/aromatic N) is 3. The molecule has 2 amide bonds. The minimum absolute atomic E-state index is 0.0524. The highest BCUT2D eigenvalue weighted by molar-refractivity contribution is 6.31. The number of amides is 2. The number of rotatable bonds is 4. The molecule has 6 heteroatoms. The van der Waals surface area contributed by atoms with Crippen molar-refractivity contribution in [3.05, 3.63) is 64.7 Å². The van der Waals surface area contributed by atoms with Gasteiger partial charge in [-0.05, 0) is 55.7 Å². The first-order valence-electron chi connectivity index (χ1n) is 10.7. The molecule has 4 rings (SSSR count). The van der Waals surface area contributed by atoms with Crippen LogP contribution in [0.15, 0.2) is 48.5 Å². The number of halogens is 1. The van der Waals surface area contributed by atoms with Gasteiger partial charge in [0, 0.05) is 61.5 Å². The summed E-state index contributed by atoms with van der Waals surface area (Å²) in [5.41, 5.74) is 2.69. The predicted octanol–water partition coefficient (Wildman–Crippen LogP) is 4.38. The van der Waals surface area contributed by atoms with E-state index in [1.165, 1.54) is 0 Å². The van der Waals surface area contributed by atoms with E-state index in [4.69, 9.17) is 11.6 Å². The maximum Gasteiger partial charge on any atom is 0.253 e. The van der Waals surface area contributed by atoms with Crippen LogP contribution in [0.5, 0.6) is 0 Å². The zero-order chi connectivity index (χ0) is 21.1. The fourth-order valence-corrected chi connectivity index (χ4v) is 4.66. The van der Waals surface area contributed by atoms with Gasteiger partial charge in [0.25, 0.3) is 5.91 Å². The van der Waals surface area contributed by atoms with Crippen molar-refractivity contribution in [3.8, 4) is 0 Å². The summed E-state index contributed by atoms with van der Waals surface area (Å²) in [4.78, 5) is 31.2. The highest BCUT2D eigenvalue weighted by atomic mass is 35.5. The van der Waals surface area contributed by atoms with Gasteiger partial charge in [-0.2, -0.15) is 0 Å². The Hall–Kier alpha value is -2.37. The van der Waals surface area contributed by atoms with Crippen LogP contribution >= 0.6 is 11.6 Å². The van der Waals surface area contributed by atoms with Crippen molar-refractivity contribution >= 4 is 29.1 Å². The third kappa shape index (κ3) is 4.37. The molecule has 0 saturated carbocycles. The van der Waals surface area contributed by atoms with E-state index in [9.17, 15) is 9.59 Å². The molecular formula is C24H28ClN3O2. The summed E-state index contributed by atoms with van der Waals surface area (Å²) < 4.78 is 0. The molecular weight excluding hydrogens is 398 g/mol. The van der Waals surface area contributed by atoms with Gasteiger partial charge in [0.1, 0.15) is 0 Å². The molecule has 2 fully saturated rings. The van der Waals surface area contributed by atoms with Crippen molar-refractivity contribution in [2.24, 2.45) is 0 Å². The van der Waals surface area contributed by atoms with Gasteiger partial charge in [-0.1, -0.05) is 29.8 Å². The van der Waals surface area contributed by atoms with Crippen LogP contribution in [0.25, 0.3) is 0 Å². The SMILES string of the molecule is CC(c1ccccc1Cl)N1CCN(C(=O)c2ccc(N3CCCCC3=O)cc2)CC1. The number of piperidine rings is 1. The van der Waals surface area contributed by atoms with E-state index in [1.54, 1.807) is 0 Å². The minimum Gasteiger partial charge on any atom is -0.336 e. The normalized spacial score (nSPS) is 19.1. The van der Waals surface area contributed by atoms with Crippen molar-refractivity contribution in [1.29, 1.82) is 0 Å². The predicted molar refractivity (Wildman–Crippen MR) is 120 cm³/mol. The second-order valence-electron chi connectivity index (χ2n) is 8.08. The van der Waals surface area contributed by atoms with Gasteiger partial charge < -0.3 is 9.80 Å². The lowest BCUT2D eigenvalue weighted by Gasteiger charge is -2.38. The maximum absolute atomic E-state index is 13.0. The molecule has 0 bridgehead atoms. The molecule has 2 aromatic rings. The van der Waals surface area contributed by atoms with Crippen LogP contribution in [0.3, 0.4) is 0 Å². The minimum atomic E-state index is 0.0524. The van der Waals surface area contributed by atoms with Crippen LogP contribution in [0.1, 0.15) is 48.1 Å². The molecule has 1 atom stereocenters. The Morgan fingerprint density at radius 1 is 0.933 bits per heavy atom. The molecule has 1 unspecified atom stereocenters. The van der Waals surface area contributed by atoms with Crippen molar-refractivity contribution < 1.29 is 9.59 Å². The lowest BCUT2D eigenvalue weighted by atomic mass is 10.1. The Kier molecular flexibility index (Phi) is 6.40. The Bertz CT molecular complexity index is 907. The average Bonchev–Trinajstić information content (AvgIpc) is 2.79. The Labute approximate surface area is 183 Å². The van der Waals surface area contributed by atoms with Gasteiger partial charge in [0.05, 0.1) is 0 Å². The van der Waals surface area contributed by atoms with Crippen LogP contribution in [-0.2, 0) is 4.79 Å². The van der Waals surface area contributed by atoms with Crippen LogP contribution in [0, 0.1) is 0 Å². The lowest BCUT2D eigenvalue weighted by molar-refractivity contribution is -0.119. The first kappa shape index (κ1) is 20.9. The smallest absolute Gasteiger partial charge is 0.253 e. The number of hydrogen-bond acceptors (Lipinski definition) is 3. The number of anilines is 1. The topological polar surface area (TPSA) is 43.9 Å². The monoisotopic (exact) mass is 425 g/mol. The molecule has 2 saturated heterocycles. The third-order valence-electron chi connectivity index (χ3n) is 6.25. The van der Waals surface area contributed by atoms with E-state index in [0.29, 0.717) is 25.1 Å². The second kappa shape index (κ2) is 9.19. The molecule has 0 spiro atoms. The molecule has 158 valence electrons.